The second-order valence-corrected chi connectivity index (χ2v) is 3.16. The van der Waals surface area contributed by atoms with Gasteiger partial charge in [-0.3, -0.25) is 10.1 Å². The molecule has 1 aliphatic carbocycles. The van der Waals surface area contributed by atoms with Gasteiger partial charge in [0.15, 0.2) is 0 Å². The van der Waals surface area contributed by atoms with Crippen LogP contribution in [0.3, 0.4) is 0 Å². The highest BCUT2D eigenvalue weighted by Crippen LogP contribution is 2.29. The van der Waals surface area contributed by atoms with Crippen molar-refractivity contribution in [2.45, 2.75) is 19.8 Å². The molecular weight excluding hydrogens is 184 g/mol. The van der Waals surface area contributed by atoms with Crippen LogP contribution in [0.15, 0.2) is 0 Å². The van der Waals surface area contributed by atoms with Gasteiger partial charge in [-0.15, -0.1) is 5.10 Å². The van der Waals surface area contributed by atoms with Gasteiger partial charge in [-0.05, 0) is 19.8 Å². The number of aromatic amines is 1. The van der Waals surface area contributed by atoms with Crippen LogP contribution in [0.5, 0.6) is 6.01 Å². The van der Waals surface area contributed by atoms with Crippen LogP contribution in [0.4, 0.5) is 5.95 Å². The van der Waals surface area contributed by atoms with Gasteiger partial charge >= 0.3 is 6.01 Å². The minimum Gasteiger partial charge on any atom is -0.463 e. The van der Waals surface area contributed by atoms with Gasteiger partial charge in [0.2, 0.25) is 11.9 Å². The van der Waals surface area contributed by atoms with E-state index in [0.717, 1.165) is 12.8 Å². The van der Waals surface area contributed by atoms with Crippen LogP contribution in [0.1, 0.15) is 19.8 Å². The number of hydrogen-bond donors (Lipinski definition) is 2. The first kappa shape index (κ1) is 8.98. The third kappa shape index (κ3) is 2.01. The van der Waals surface area contributed by atoms with Gasteiger partial charge in [0.25, 0.3) is 0 Å². The summed E-state index contributed by atoms with van der Waals surface area (Å²) in [6, 6.07) is 0.263. The highest BCUT2D eigenvalue weighted by molar-refractivity contribution is 5.92. The Balaban J connectivity index is 1.91. The Bertz CT molecular complexity index is 332. The van der Waals surface area contributed by atoms with E-state index in [9.17, 15) is 4.79 Å². The van der Waals surface area contributed by atoms with Crippen molar-refractivity contribution in [3.8, 4) is 6.01 Å². The summed E-state index contributed by atoms with van der Waals surface area (Å²) in [5, 5.41) is 8.99. The standard InChI is InChI=1S/C8H12N4O2/c1-2-14-8-10-7(11-12-8)9-6(13)5-3-4-5/h5H,2-4H2,1H3,(H2,9,10,11,12,13). The monoisotopic (exact) mass is 196 g/mol. The molecule has 76 valence electrons. The summed E-state index contributed by atoms with van der Waals surface area (Å²) in [7, 11) is 0. The molecule has 14 heavy (non-hydrogen) atoms. The zero-order valence-corrected chi connectivity index (χ0v) is 7.91. The summed E-state index contributed by atoms with van der Waals surface area (Å²) in [4.78, 5) is 15.2. The minimum absolute atomic E-state index is 0.00389. The van der Waals surface area contributed by atoms with Crippen molar-refractivity contribution in [1.29, 1.82) is 0 Å². The fourth-order valence-corrected chi connectivity index (χ4v) is 1.06. The summed E-state index contributed by atoms with van der Waals surface area (Å²) in [6.45, 7) is 2.35. The summed E-state index contributed by atoms with van der Waals surface area (Å²) in [5.74, 6) is 0.519. The van der Waals surface area contributed by atoms with Crippen LogP contribution in [-0.4, -0.2) is 27.7 Å². The molecule has 1 aliphatic rings. The molecule has 0 unspecified atom stereocenters. The number of carbonyl (C=O) groups is 1. The highest BCUT2D eigenvalue weighted by Gasteiger charge is 2.30. The zero-order chi connectivity index (χ0) is 9.97. The van der Waals surface area contributed by atoms with E-state index in [1.54, 1.807) is 0 Å². The molecule has 1 amide bonds. The Labute approximate surface area is 81.1 Å². The lowest BCUT2D eigenvalue weighted by molar-refractivity contribution is -0.117. The van der Waals surface area contributed by atoms with Crippen LogP contribution in [0, 0.1) is 5.92 Å². The third-order valence-corrected chi connectivity index (χ3v) is 1.93. The molecule has 0 aliphatic heterocycles. The Morgan fingerprint density at radius 2 is 2.50 bits per heavy atom. The normalized spacial score (nSPS) is 15.2. The van der Waals surface area contributed by atoms with Crippen molar-refractivity contribution < 1.29 is 9.53 Å². The van der Waals surface area contributed by atoms with Crippen molar-refractivity contribution in [2.75, 3.05) is 11.9 Å². The van der Waals surface area contributed by atoms with Crippen molar-refractivity contribution in [3.63, 3.8) is 0 Å². The molecule has 0 radical (unpaired) electrons. The number of ether oxygens (including phenoxy) is 1. The molecule has 1 fully saturated rings. The Kier molecular flexibility index (Phi) is 2.34. The zero-order valence-electron chi connectivity index (χ0n) is 7.91. The van der Waals surface area contributed by atoms with Crippen molar-refractivity contribution in [1.82, 2.24) is 15.2 Å². The van der Waals surface area contributed by atoms with E-state index < -0.39 is 0 Å². The molecular formula is C8H12N4O2. The van der Waals surface area contributed by atoms with Crippen LogP contribution in [-0.2, 0) is 4.79 Å². The van der Waals surface area contributed by atoms with Crippen molar-refractivity contribution in [2.24, 2.45) is 5.92 Å². The molecule has 0 aromatic carbocycles. The first-order valence-electron chi connectivity index (χ1n) is 4.65. The van der Waals surface area contributed by atoms with Gasteiger partial charge in [-0.2, -0.15) is 4.98 Å². The molecule has 1 aromatic rings. The van der Waals surface area contributed by atoms with Crippen molar-refractivity contribution >= 4 is 11.9 Å². The van der Waals surface area contributed by atoms with Gasteiger partial charge in [0, 0.05) is 5.92 Å². The lowest BCUT2D eigenvalue weighted by atomic mass is 10.4. The molecule has 1 saturated carbocycles. The number of hydrogen-bond acceptors (Lipinski definition) is 4. The summed E-state index contributed by atoms with van der Waals surface area (Å²) in [5.41, 5.74) is 0. The summed E-state index contributed by atoms with van der Waals surface area (Å²) in [6.07, 6.45) is 1.94. The fourth-order valence-electron chi connectivity index (χ4n) is 1.06. The second-order valence-electron chi connectivity index (χ2n) is 3.16. The number of nitrogens with one attached hydrogen (secondary N) is 2. The van der Waals surface area contributed by atoms with Crippen LogP contribution >= 0.6 is 0 Å². The molecule has 0 bridgehead atoms. The lowest BCUT2D eigenvalue weighted by Gasteiger charge is -1.96. The van der Waals surface area contributed by atoms with E-state index in [2.05, 4.69) is 20.5 Å². The maximum atomic E-state index is 11.3. The van der Waals surface area contributed by atoms with Gasteiger partial charge in [0.1, 0.15) is 0 Å². The van der Waals surface area contributed by atoms with E-state index in [1.807, 2.05) is 6.92 Å². The first-order valence-corrected chi connectivity index (χ1v) is 4.65. The topological polar surface area (TPSA) is 79.9 Å². The van der Waals surface area contributed by atoms with Gasteiger partial charge < -0.3 is 4.74 Å². The molecule has 6 heteroatoms. The average Bonchev–Trinajstić information content (AvgIpc) is 2.92. The highest BCUT2D eigenvalue weighted by atomic mass is 16.5. The molecule has 2 N–H and O–H groups in total. The Hall–Kier alpha value is -1.59. The molecule has 1 heterocycles. The molecule has 0 saturated heterocycles. The summed E-state index contributed by atoms with van der Waals surface area (Å²) >= 11 is 0. The Morgan fingerprint density at radius 3 is 3.14 bits per heavy atom. The predicted molar refractivity (Wildman–Crippen MR) is 48.9 cm³/mol. The first-order chi connectivity index (χ1) is 6.79. The number of nitrogens with zero attached hydrogens (tertiary/aromatic N) is 2. The van der Waals surface area contributed by atoms with Crippen LogP contribution in [0.25, 0.3) is 0 Å². The maximum Gasteiger partial charge on any atom is 0.337 e. The quantitative estimate of drug-likeness (QED) is 0.737. The third-order valence-electron chi connectivity index (χ3n) is 1.93. The maximum absolute atomic E-state index is 11.3. The van der Waals surface area contributed by atoms with E-state index in [-0.39, 0.29) is 17.8 Å². The molecule has 2 rings (SSSR count). The molecule has 0 atom stereocenters. The van der Waals surface area contributed by atoms with Gasteiger partial charge in [-0.25, -0.2) is 5.10 Å². The number of carbonyl (C=O) groups excluding carboxylic acids is 1. The van der Waals surface area contributed by atoms with E-state index in [0.29, 0.717) is 12.6 Å². The van der Waals surface area contributed by atoms with Crippen LogP contribution in [0.2, 0.25) is 0 Å². The largest absolute Gasteiger partial charge is 0.463 e. The van der Waals surface area contributed by atoms with Crippen LogP contribution < -0.4 is 10.1 Å². The second kappa shape index (κ2) is 3.65. The number of amides is 1. The van der Waals surface area contributed by atoms with E-state index in [1.165, 1.54) is 0 Å². The molecule has 1 aromatic heterocycles. The average molecular weight is 196 g/mol. The minimum atomic E-state index is 0.00389. The van der Waals surface area contributed by atoms with Crippen molar-refractivity contribution in [3.05, 3.63) is 0 Å². The number of anilines is 1. The van der Waals surface area contributed by atoms with E-state index >= 15 is 0 Å². The SMILES string of the molecule is CCOc1n[nH]c(NC(=O)C2CC2)n1. The smallest absolute Gasteiger partial charge is 0.337 e. The van der Waals surface area contributed by atoms with Gasteiger partial charge in [0.05, 0.1) is 6.61 Å². The molecule has 6 nitrogen and oxygen atoms in total. The summed E-state index contributed by atoms with van der Waals surface area (Å²) < 4.78 is 5.04. The van der Waals surface area contributed by atoms with Gasteiger partial charge in [-0.1, -0.05) is 0 Å². The predicted octanol–water partition coefficient (Wildman–Crippen LogP) is 0.552. The lowest BCUT2D eigenvalue weighted by Crippen LogP contribution is -2.14. The number of rotatable bonds is 4. The van der Waals surface area contributed by atoms with E-state index in [4.69, 9.17) is 4.74 Å². The number of H-pyrrole nitrogens is 1. The molecule has 0 spiro atoms. The fraction of sp³-hybridized carbons (Fsp3) is 0.625. The number of aromatic nitrogens is 3. The Morgan fingerprint density at radius 1 is 1.71 bits per heavy atom.